The van der Waals surface area contributed by atoms with Gasteiger partial charge in [0.15, 0.2) is 5.43 Å². The number of fused-ring (bicyclic) bond motifs is 2. The second kappa shape index (κ2) is 6.72. The smallest absolute Gasteiger partial charge is 0.240 e. The number of amides is 1. The van der Waals surface area contributed by atoms with Gasteiger partial charge in [0.25, 0.3) is 0 Å². The molecule has 0 unspecified atom stereocenters. The van der Waals surface area contributed by atoms with Gasteiger partial charge in [0.05, 0.1) is 17.6 Å². The summed E-state index contributed by atoms with van der Waals surface area (Å²) < 4.78 is 1.90. The van der Waals surface area contributed by atoms with Crippen molar-refractivity contribution in [2.24, 2.45) is 0 Å². The van der Waals surface area contributed by atoms with Crippen LogP contribution in [0.15, 0.2) is 58.7 Å². The molecule has 26 heavy (non-hydrogen) atoms. The van der Waals surface area contributed by atoms with Gasteiger partial charge in [-0.1, -0.05) is 24.3 Å². The number of pyridine rings is 1. The highest BCUT2D eigenvalue weighted by molar-refractivity contribution is 7.09. The Morgan fingerprint density at radius 1 is 1.08 bits per heavy atom. The highest BCUT2D eigenvalue weighted by Gasteiger charge is 2.13. The average molecular weight is 363 g/mol. The number of thiazole rings is 1. The van der Waals surface area contributed by atoms with E-state index in [0.717, 1.165) is 21.7 Å². The summed E-state index contributed by atoms with van der Waals surface area (Å²) in [5.74, 6) is -0.114. The number of hydrogen-bond donors (Lipinski definition) is 1. The molecular formula is C20H17N3O2S. The quantitative estimate of drug-likeness (QED) is 0.566. The van der Waals surface area contributed by atoms with Crippen LogP contribution in [0.1, 0.15) is 10.7 Å². The summed E-state index contributed by atoms with van der Waals surface area (Å²) in [6.07, 6.45) is 0. The summed E-state index contributed by atoms with van der Waals surface area (Å²) in [6.45, 7) is 2.49. The molecule has 1 amide bonds. The van der Waals surface area contributed by atoms with Crippen LogP contribution in [0.5, 0.6) is 0 Å². The van der Waals surface area contributed by atoms with Crippen LogP contribution in [0.2, 0.25) is 0 Å². The van der Waals surface area contributed by atoms with Crippen LogP contribution in [0.3, 0.4) is 0 Å². The summed E-state index contributed by atoms with van der Waals surface area (Å²) >= 11 is 1.53. The van der Waals surface area contributed by atoms with Crippen molar-refractivity contribution in [1.82, 2.24) is 14.9 Å². The minimum absolute atomic E-state index is 0.00822. The maximum Gasteiger partial charge on any atom is 0.240 e. The van der Waals surface area contributed by atoms with Crippen molar-refractivity contribution < 1.29 is 4.79 Å². The van der Waals surface area contributed by atoms with Gasteiger partial charge in [-0.3, -0.25) is 9.59 Å². The molecule has 5 nitrogen and oxygen atoms in total. The molecule has 4 rings (SSSR count). The van der Waals surface area contributed by atoms with Gasteiger partial charge in [-0.05, 0) is 31.2 Å². The van der Waals surface area contributed by atoms with E-state index in [4.69, 9.17) is 0 Å². The van der Waals surface area contributed by atoms with Crippen LogP contribution in [0.4, 0.5) is 0 Å². The molecule has 2 aromatic carbocycles. The zero-order chi connectivity index (χ0) is 18.1. The summed E-state index contributed by atoms with van der Waals surface area (Å²) in [5.41, 5.74) is 2.47. The lowest BCUT2D eigenvalue weighted by Crippen LogP contribution is -2.28. The Morgan fingerprint density at radius 3 is 2.27 bits per heavy atom. The molecule has 0 saturated heterocycles. The molecule has 0 aliphatic carbocycles. The SMILES string of the molecule is Cc1csc(CNC(=O)Cn2c3ccccc3c(=O)c3ccccc32)n1. The molecule has 2 heterocycles. The van der Waals surface area contributed by atoms with E-state index in [0.29, 0.717) is 17.3 Å². The Morgan fingerprint density at radius 2 is 1.69 bits per heavy atom. The predicted molar refractivity (Wildman–Crippen MR) is 104 cm³/mol. The molecule has 130 valence electrons. The molecular weight excluding hydrogens is 346 g/mol. The molecule has 0 aliphatic rings. The molecule has 0 spiro atoms. The average Bonchev–Trinajstić information content (AvgIpc) is 3.09. The van der Waals surface area contributed by atoms with Gasteiger partial charge >= 0.3 is 0 Å². The maximum atomic E-state index is 12.7. The number of aryl methyl sites for hydroxylation is 1. The van der Waals surface area contributed by atoms with Gasteiger partial charge in [-0.2, -0.15) is 0 Å². The number of aromatic nitrogens is 2. The van der Waals surface area contributed by atoms with Crippen molar-refractivity contribution in [3.05, 3.63) is 74.8 Å². The lowest BCUT2D eigenvalue weighted by molar-refractivity contribution is -0.121. The van der Waals surface area contributed by atoms with Gasteiger partial charge in [0.1, 0.15) is 11.6 Å². The Bertz CT molecular complexity index is 1120. The van der Waals surface area contributed by atoms with E-state index in [9.17, 15) is 9.59 Å². The number of nitrogens with one attached hydrogen (secondary N) is 1. The summed E-state index contributed by atoms with van der Waals surface area (Å²) in [7, 11) is 0. The topological polar surface area (TPSA) is 64.0 Å². The monoisotopic (exact) mass is 363 g/mol. The van der Waals surface area contributed by atoms with E-state index in [1.54, 1.807) is 12.1 Å². The zero-order valence-corrected chi connectivity index (χ0v) is 15.0. The fourth-order valence-corrected chi connectivity index (χ4v) is 3.82. The first kappa shape index (κ1) is 16.5. The fraction of sp³-hybridized carbons (Fsp3) is 0.150. The van der Waals surface area contributed by atoms with Crippen molar-refractivity contribution in [1.29, 1.82) is 0 Å². The molecule has 4 aromatic rings. The Hall–Kier alpha value is -2.99. The fourth-order valence-electron chi connectivity index (χ4n) is 3.10. The predicted octanol–water partition coefficient (Wildman–Crippen LogP) is 3.24. The van der Waals surface area contributed by atoms with E-state index >= 15 is 0 Å². The van der Waals surface area contributed by atoms with Crippen molar-refractivity contribution in [3.8, 4) is 0 Å². The first-order chi connectivity index (χ1) is 12.6. The van der Waals surface area contributed by atoms with Crippen LogP contribution in [0.25, 0.3) is 21.8 Å². The highest BCUT2D eigenvalue weighted by Crippen LogP contribution is 2.19. The molecule has 0 fully saturated rings. The lowest BCUT2D eigenvalue weighted by Gasteiger charge is -2.14. The van der Waals surface area contributed by atoms with Gasteiger partial charge in [-0.15, -0.1) is 11.3 Å². The number of rotatable bonds is 4. The second-order valence-corrected chi connectivity index (χ2v) is 7.05. The third-order valence-electron chi connectivity index (χ3n) is 4.28. The number of nitrogens with zero attached hydrogens (tertiary/aromatic N) is 2. The van der Waals surface area contributed by atoms with E-state index in [1.165, 1.54) is 11.3 Å². The van der Waals surface area contributed by atoms with Crippen LogP contribution in [-0.2, 0) is 17.9 Å². The van der Waals surface area contributed by atoms with Crippen molar-refractivity contribution >= 4 is 39.0 Å². The molecule has 0 atom stereocenters. The van der Waals surface area contributed by atoms with Gasteiger partial charge < -0.3 is 9.88 Å². The normalized spacial score (nSPS) is 11.1. The Balaban J connectivity index is 1.71. The van der Waals surface area contributed by atoms with Gasteiger partial charge in [0.2, 0.25) is 5.91 Å². The molecule has 0 saturated carbocycles. The maximum absolute atomic E-state index is 12.7. The number of carbonyl (C=O) groups is 1. The first-order valence-corrected chi connectivity index (χ1v) is 9.19. The van der Waals surface area contributed by atoms with E-state index in [-0.39, 0.29) is 17.9 Å². The van der Waals surface area contributed by atoms with Crippen LogP contribution >= 0.6 is 11.3 Å². The van der Waals surface area contributed by atoms with Crippen LogP contribution in [-0.4, -0.2) is 15.5 Å². The van der Waals surface area contributed by atoms with Gasteiger partial charge in [-0.25, -0.2) is 4.98 Å². The minimum atomic E-state index is -0.114. The first-order valence-electron chi connectivity index (χ1n) is 8.31. The Labute approximate surface area is 153 Å². The minimum Gasteiger partial charge on any atom is -0.348 e. The molecule has 0 bridgehead atoms. The molecule has 2 aromatic heterocycles. The van der Waals surface area contributed by atoms with Crippen LogP contribution < -0.4 is 10.7 Å². The molecule has 1 N–H and O–H groups in total. The van der Waals surface area contributed by atoms with Crippen LogP contribution in [0, 0.1) is 6.92 Å². The number of benzene rings is 2. The van der Waals surface area contributed by atoms with E-state index in [1.807, 2.05) is 53.3 Å². The molecule has 0 aliphatic heterocycles. The number of para-hydroxylation sites is 2. The summed E-state index contributed by atoms with van der Waals surface area (Å²) in [6, 6.07) is 14.8. The number of hydrogen-bond acceptors (Lipinski definition) is 4. The van der Waals surface area contributed by atoms with Crippen molar-refractivity contribution in [3.63, 3.8) is 0 Å². The third-order valence-corrected chi connectivity index (χ3v) is 5.25. The number of carbonyl (C=O) groups excluding carboxylic acids is 1. The molecule has 6 heteroatoms. The lowest BCUT2D eigenvalue weighted by atomic mass is 10.1. The third kappa shape index (κ3) is 2.99. The van der Waals surface area contributed by atoms with E-state index < -0.39 is 0 Å². The standard InChI is InChI=1S/C20H17N3O2S/c1-13-12-26-19(22-13)10-21-18(24)11-23-16-8-4-2-6-14(16)20(25)15-7-3-5-9-17(15)23/h2-9,12H,10-11H2,1H3,(H,21,24). The highest BCUT2D eigenvalue weighted by atomic mass is 32.1. The van der Waals surface area contributed by atoms with Crippen molar-refractivity contribution in [2.75, 3.05) is 0 Å². The molecule has 0 radical (unpaired) electrons. The van der Waals surface area contributed by atoms with Gasteiger partial charge in [0, 0.05) is 21.8 Å². The van der Waals surface area contributed by atoms with E-state index in [2.05, 4.69) is 10.3 Å². The summed E-state index contributed by atoms with van der Waals surface area (Å²) in [4.78, 5) is 29.6. The summed E-state index contributed by atoms with van der Waals surface area (Å²) in [5, 5.41) is 7.00. The Kier molecular flexibility index (Phi) is 4.26. The zero-order valence-electron chi connectivity index (χ0n) is 14.2. The second-order valence-electron chi connectivity index (χ2n) is 6.11. The largest absolute Gasteiger partial charge is 0.348 e. The van der Waals surface area contributed by atoms with Crippen molar-refractivity contribution in [2.45, 2.75) is 20.0 Å².